The van der Waals surface area contributed by atoms with E-state index in [9.17, 15) is 0 Å². The monoisotopic (exact) mass is 690 g/mol. The van der Waals surface area contributed by atoms with Crippen LogP contribution in [0.2, 0.25) is 0 Å². The van der Waals surface area contributed by atoms with Gasteiger partial charge in [0.2, 0.25) is 0 Å². The van der Waals surface area contributed by atoms with E-state index in [-0.39, 0.29) is 11.3 Å². The van der Waals surface area contributed by atoms with E-state index in [0.29, 0.717) is 0 Å². The molecule has 8 aromatic carbocycles. The molecule has 1 atom stereocenters. The van der Waals surface area contributed by atoms with E-state index in [1.165, 1.54) is 77.7 Å². The minimum Gasteiger partial charge on any atom is -0.456 e. The topological polar surface area (TPSA) is 13.1 Å². The van der Waals surface area contributed by atoms with Crippen LogP contribution in [0.1, 0.15) is 69.8 Å². The summed E-state index contributed by atoms with van der Waals surface area (Å²) in [6.45, 7) is 4.75. The fraction of sp³-hybridized carbons (Fsp3) is 0.0943. The third-order valence-electron chi connectivity index (χ3n) is 12.5. The third-order valence-corrected chi connectivity index (χ3v) is 12.5. The molecular formula is C53H38O. The van der Waals surface area contributed by atoms with E-state index >= 15 is 0 Å². The molecule has 256 valence electrons. The first kappa shape index (κ1) is 31.1. The molecule has 0 N–H and O–H groups in total. The van der Waals surface area contributed by atoms with Crippen molar-refractivity contribution in [1.82, 2.24) is 0 Å². The summed E-state index contributed by atoms with van der Waals surface area (Å²) < 4.78 is 6.52. The number of fused-ring (bicyclic) bond motifs is 9. The van der Waals surface area contributed by atoms with Gasteiger partial charge in [-0.05, 0) is 84.5 Å². The maximum absolute atomic E-state index is 6.52. The molecule has 0 radical (unpaired) electrons. The standard InChI is InChI=1S/C53H38O/c1-52(2)44-25-10-6-20-38(44)41-31-30-35(33-47(41)52)50(43-24-15-29-49-51(43)42-23-9-13-28-48(42)54-49)34-16-14-19-37(32-34)53(36-17-4-3-5-18-36)45-26-11-7-21-39(45)40-22-8-12-27-46(40)53/h3-33,50H,1-2H3. The molecule has 9 aromatic rings. The van der Waals surface area contributed by atoms with Crippen LogP contribution in [-0.2, 0) is 10.8 Å². The minimum absolute atomic E-state index is 0.0563. The lowest BCUT2D eigenvalue weighted by atomic mass is 9.67. The van der Waals surface area contributed by atoms with Crippen LogP contribution in [0.5, 0.6) is 0 Å². The second-order valence-electron chi connectivity index (χ2n) is 15.6. The summed E-state index contributed by atoms with van der Waals surface area (Å²) in [6.07, 6.45) is 0. The summed E-state index contributed by atoms with van der Waals surface area (Å²) in [7, 11) is 0. The minimum atomic E-state index is -0.481. The first-order chi connectivity index (χ1) is 26.5. The third kappa shape index (κ3) is 4.21. The zero-order chi connectivity index (χ0) is 36.0. The fourth-order valence-corrected chi connectivity index (χ4v) is 10.2. The number of rotatable bonds is 5. The van der Waals surface area contributed by atoms with Crippen LogP contribution in [0.4, 0.5) is 0 Å². The van der Waals surface area contributed by atoms with Crippen molar-refractivity contribution in [2.24, 2.45) is 0 Å². The molecule has 54 heavy (non-hydrogen) atoms. The van der Waals surface area contributed by atoms with Gasteiger partial charge in [0.1, 0.15) is 11.2 Å². The number of benzene rings is 8. The van der Waals surface area contributed by atoms with Gasteiger partial charge in [-0.3, -0.25) is 0 Å². The van der Waals surface area contributed by atoms with Gasteiger partial charge >= 0.3 is 0 Å². The van der Waals surface area contributed by atoms with Gasteiger partial charge in [-0.1, -0.05) is 190 Å². The molecule has 1 aromatic heterocycles. The summed E-state index contributed by atoms with van der Waals surface area (Å²) >= 11 is 0. The quantitative estimate of drug-likeness (QED) is 0.164. The molecule has 0 fully saturated rings. The molecule has 0 saturated carbocycles. The summed E-state index contributed by atoms with van der Waals surface area (Å²) in [4.78, 5) is 0. The Morgan fingerprint density at radius 1 is 0.407 bits per heavy atom. The molecule has 0 spiro atoms. The molecule has 1 unspecified atom stereocenters. The van der Waals surface area contributed by atoms with Crippen LogP contribution in [0, 0.1) is 0 Å². The second kappa shape index (κ2) is 11.5. The van der Waals surface area contributed by atoms with Crippen LogP contribution >= 0.6 is 0 Å². The van der Waals surface area contributed by atoms with E-state index in [1.807, 2.05) is 0 Å². The van der Waals surface area contributed by atoms with Crippen LogP contribution in [0.3, 0.4) is 0 Å². The van der Waals surface area contributed by atoms with E-state index < -0.39 is 5.41 Å². The number of hydrogen-bond donors (Lipinski definition) is 0. The van der Waals surface area contributed by atoms with Crippen molar-refractivity contribution in [3.05, 3.63) is 238 Å². The lowest BCUT2D eigenvalue weighted by Gasteiger charge is -2.34. The van der Waals surface area contributed by atoms with Crippen LogP contribution in [0.15, 0.2) is 192 Å². The van der Waals surface area contributed by atoms with Gasteiger partial charge in [0.15, 0.2) is 0 Å². The van der Waals surface area contributed by atoms with Crippen LogP contribution < -0.4 is 0 Å². The Labute approximate surface area is 316 Å². The Morgan fingerprint density at radius 3 is 1.72 bits per heavy atom. The van der Waals surface area contributed by atoms with Crippen molar-refractivity contribution in [2.45, 2.75) is 30.6 Å². The molecule has 2 aliphatic rings. The average molecular weight is 691 g/mol. The first-order valence-corrected chi connectivity index (χ1v) is 19.0. The van der Waals surface area contributed by atoms with Crippen LogP contribution in [-0.4, -0.2) is 0 Å². The highest BCUT2D eigenvalue weighted by atomic mass is 16.3. The Balaban J connectivity index is 1.20. The Kier molecular flexibility index (Phi) is 6.64. The summed E-state index contributed by atoms with van der Waals surface area (Å²) in [6, 6.07) is 69.8. The summed E-state index contributed by atoms with van der Waals surface area (Å²) in [5, 5.41) is 2.33. The van der Waals surface area contributed by atoms with E-state index in [1.54, 1.807) is 0 Å². The van der Waals surface area contributed by atoms with Crippen molar-refractivity contribution in [2.75, 3.05) is 0 Å². The van der Waals surface area contributed by atoms with Gasteiger partial charge < -0.3 is 4.42 Å². The average Bonchev–Trinajstić information content (AvgIpc) is 3.83. The molecule has 11 rings (SSSR count). The summed E-state index contributed by atoms with van der Waals surface area (Å²) in [5.41, 5.74) is 18.3. The van der Waals surface area contributed by atoms with Crippen molar-refractivity contribution >= 4 is 21.9 Å². The zero-order valence-electron chi connectivity index (χ0n) is 30.4. The predicted molar refractivity (Wildman–Crippen MR) is 222 cm³/mol. The largest absolute Gasteiger partial charge is 0.456 e. The number of hydrogen-bond acceptors (Lipinski definition) is 1. The van der Waals surface area contributed by atoms with E-state index in [4.69, 9.17) is 4.42 Å². The highest BCUT2D eigenvalue weighted by Gasteiger charge is 2.46. The lowest BCUT2D eigenvalue weighted by molar-refractivity contribution is 0.658. The highest BCUT2D eigenvalue weighted by Crippen LogP contribution is 2.57. The van der Waals surface area contributed by atoms with Crippen molar-refractivity contribution in [3.8, 4) is 22.3 Å². The van der Waals surface area contributed by atoms with Gasteiger partial charge in [0.25, 0.3) is 0 Å². The van der Waals surface area contributed by atoms with Crippen molar-refractivity contribution in [1.29, 1.82) is 0 Å². The second-order valence-corrected chi connectivity index (χ2v) is 15.6. The molecule has 0 saturated heterocycles. The maximum Gasteiger partial charge on any atom is 0.135 e. The van der Waals surface area contributed by atoms with E-state index in [0.717, 1.165) is 16.6 Å². The van der Waals surface area contributed by atoms with Gasteiger partial charge in [-0.2, -0.15) is 0 Å². The van der Waals surface area contributed by atoms with Crippen LogP contribution in [0.25, 0.3) is 44.2 Å². The molecule has 1 heterocycles. The predicted octanol–water partition coefficient (Wildman–Crippen LogP) is 13.4. The summed E-state index contributed by atoms with van der Waals surface area (Å²) in [5.74, 6) is -0.0563. The lowest BCUT2D eigenvalue weighted by Crippen LogP contribution is -2.28. The molecule has 1 heteroatoms. The maximum atomic E-state index is 6.52. The molecule has 2 aliphatic carbocycles. The fourth-order valence-electron chi connectivity index (χ4n) is 10.2. The SMILES string of the molecule is CC1(C)c2ccccc2-c2ccc(C(c3cccc(C4(c5ccccc5)c5ccccc5-c5ccccc54)c3)c3cccc4oc5ccccc5c34)cc21. The Bertz CT molecular complexity index is 2880. The van der Waals surface area contributed by atoms with Gasteiger partial charge in [0, 0.05) is 22.1 Å². The van der Waals surface area contributed by atoms with Gasteiger partial charge in [-0.15, -0.1) is 0 Å². The zero-order valence-corrected chi connectivity index (χ0v) is 30.4. The smallest absolute Gasteiger partial charge is 0.135 e. The van der Waals surface area contributed by atoms with Gasteiger partial charge in [-0.25, -0.2) is 0 Å². The van der Waals surface area contributed by atoms with E-state index in [2.05, 4.69) is 202 Å². The number of para-hydroxylation sites is 1. The molecule has 1 nitrogen and oxygen atoms in total. The normalized spacial score (nSPS) is 15.1. The Morgan fingerprint density at radius 2 is 0.963 bits per heavy atom. The number of furan rings is 1. The van der Waals surface area contributed by atoms with Crippen molar-refractivity contribution in [3.63, 3.8) is 0 Å². The molecule has 0 amide bonds. The van der Waals surface area contributed by atoms with Gasteiger partial charge in [0.05, 0.1) is 5.41 Å². The molecular weight excluding hydrogens is 653 g/mol. The molecule has 0 aliphatic heterocycles. The Hall–Kier alpha value is -6.44. The molecule has 0 bridgehead atoms. The van der Waals surface area contributed by atoms with Crippen molar-refractivity contribution < 1.29 is 4.42 Å². The highest BCUT2D eigenvalue weighted by molar-refractivity contribution is 6.07. The first-order valence-electron chi connectivity index (χ1n) is 19.0.